The van der Waals surface area contributed by atoms with Gasteiger partial charge in [-0.15, -0.1) is 0 Å². The predicted octanol–water partition coefficient (Wildman–Crippen LogP) is 5.36. The third-order valence-corrected chi connectivity index (χ3v) is 6.21. The van der Waals surface area contributed by atoms with Gasteiger partial charge in [-0.05, 0) is 48.4 Å². The van der Waals surface area contributed by atoms with Crippen molar-refractivity contribution in [3.05, 3.63) is 100 Å². The molecule has 9 nitrogen and oxygen atoms in total. The van der Waals surface area contributed by atoms with Gasteiger partial charge in [-0.1, -0.05) is 25.1 Å². The van der Waals surface area contributed by atoms with Crippen LogP contribution in [-0.4, -0.2) is 30.4 Å². The fourth-order valence-electron chi connectivity index (χ4n) is 4.25. The summed E-state index contributed by atoms with van der Waals surface area (Å²) in [5.41, 5.74) is 1.42. The zero-order valence-corrected chi connectivity index (χ0v) is 21.3. The molecular weight excluding hydrogens is 523 g/mol. The fourth-order valence-corrected chi connectivity index (χ4v) is 4.25. The SMILES string of the molecule is CCc1c(NC(=O)c2cccc(C(F)(F)F)c2)cccc1-c1nc2cnc(Nc3cccnc3)nc2n(C)c1=O. The summed E-state index contributed by atoms with van der Waals surface area (Å²) in [5, 5.41) is 5.72. The smallest absolute Gasteiger partial charge is 0.323 e. The zero-order chi connectivity index (χ0) is 28.4. The maximum absolute atomic E-state index is 13.4. The lowest BCUT2D eigenvalue weighted by Crippen LogP contribution is -2.23. The minimum atomic E-state index is -4.58. The molecule has 0 unspecified atom stereocenters. The second kappa shape index (κ2) is 10.6. The Kier molecular flexibility index (Phi) is 6.99. The lowest BCUT2D eigenvalue weighted by Gasteiger charge is -2.16. The van der Waals surface area contributed by atoms with Crippen LogP contribution in [0, 0.1) is 0 Å². The van der Waals surface area contributed by atoms with Crippen LogP contribution < -0.4 is 16.2 Å². The molecule has 0 aliphatic heterocycles. The van der Waals surface area contributed by atoms with Crippen LogP contribution in [0.4, 0.5) is 30.5 Å². The van der Waals surface area contributed by atoms with Crippen LogP contribution >= 0.6 is 0 Å². The van der Waals surface area contributed by atoms with E-state index < -0.39 is 23.2 Å². The van der Waals surface area contributed by atoms with Gasteiger partial charge in [0.1, 0.15) is 11.2 Å². The van der Waals surface area contributed by atoms with Crippen molar-refractivity contribution in [2.75, 3.05) is 10.6 Å². The molecule has 3 aromatic heterocycles. The van der Waals surface area contributed by atoms with E-state index in [0.717, 1.165) is 12.1 Å². The first-order chi connectivity index (χ1) is 19.2. The number of anilines is 3. The Labute approximate surface area is 225 Å². The summed E-state index contributed by atoms with van der Waals surface area (Å²) in [7, 11) is 1.57. The second-order valence-electron chi connectivity index (χ2n) is 8.81. The maximum Gasteiger partial charge on any atom is 0.416 e. The van der Waals surface area contributed by atoms with Crippen molar-refractivity contribution >= 4 is 34.4 Å². The minimum Gasteiger partial charge on any atom is -0.323 e. The molecule has 0 spiro atoms. The summed E-state index contributed by atoms with van der Waals surface area (Å²) >= 11 is 0. The van der Waals surface area contributed by atoms with Gasteiger partial charge in [-0.25, -0.2) is 9.97 Å². The number of pyridine rings is 1. The summed E-state index contributed by atoms with van der Waals surface area (Å²) in [5.74, 6) is -0.446. The molecule has 0 saturated carbocycles. The van der Waals surface area contributed by atoms with Crippen molar-refractivity contribution in [3.63, 3.8) is 0 Å². The van der Waals surface area contributed by atoms with E-state index in [0.29, 0.717) is 40.1 Å². The molecule has 0 aliphatic carbocycles. The highest BCUT2D eigenvalue weighted by Gasteiger charge is 2.31. The molecule has 2 aromatic carbocycles. The Morgan fingerprint density at radius 3 is 2.55 bits per heavy atom. The number of nitrogens with one attached hydrogen (secondary N) is 2. The number of halogens is 3. The van der Waals surface area contributed by atoms with Crippen molar-refractivity contribution in [3.8, 4) is 11.3 Å². The van der Waals surface area contributed by atoms with Crippen LogP contribution in [0.5, 0.6) is 0 Å². The van der Waals surface area contributed by atoms with E-state index in [9.17, 15) is 22.8 Å². The highest BCUT2D eigenvalue weighted by molar-refractivity contribution is 6.05. The standard InChI is InChI=1S/C28H22F3N7O2/c1-3-19-20(10-5-11-21(19)36-25(39)16-7-4-8-17(13-16)28(29,30)31)23-26(40)38(2)24-22(35-23)15-33-27(37-24)34-18-9-6-12-32-14-18/h4-15H,3H2,1-2H3,(H,36,39)(H,33,34,37). The number of amides is 1. The summed E-state index contributed by atoms with van der Waals surface area (Å²) < 4.78 is 40.8. The number of benzene rings is 2. The third kappa shape index (κ3) is 5.23. The number of aryl methyl sites for hydroxylation is 1. The van der Waals surface area contributed by atoms with Gasteiger partial charge in [0.2, 0.25) is 5.95 Å². The number of nitrogens with zero attached hydrogens (tertiary/aromatic N) is 5. The molecule has 1 amide bonds. The van der Waals surface area contributed by atoms with E-state index in [1.165, 1.54) is 22.9 Å². The number of carbonyl (C=O) groups is 1. The molecule has 0 saturated heterocycles. The van der Waals surface area contributed by atoms with Crippen molar-refractivity contribution in [2.24, 2.45) is 7.05 Å². The van der Waals surface area contributed by atoms with Crippen LogP contribution in [0.2, 0.25) is 0 Å². The van der Waals surface area contributed by atoms with E-state index in [1.54, 1.807) is 49.8 Å². The van der Waals surface area contributed by atoms with Gasteiger partial charge in [0, 0.05) is 30.1 Å². The van der Waals surface area contributed by atoms with E-state index in [-0.39, 0.29) is 17.2 Å². The molecular formula is C28H22F3N7O2. The molecule has 0 atom stereocenters. The number of hydrogen-bond donors (Lipinski definition) is 2. The van der Waals surface area contributed by atoms with Crippen LogP contribution in [0.15, 0.2) is 78.0 Å². The summed E-state index contributed by atoms with van der Waals surface area (Å²) in [4.78, 5) is 43.6. The second-order valence-corrected chi connectivity index (χ2v) is 8.81. The number of hydrogen-bond acceptors (Lipinski definition) is 7. The number of rotatable bonds is 6. The number of fused-ring (bicyclic) bond motifs is 1. The Morgan fingerprint density at radius 1 is 1.02 bits per heavy atom. The Balaban J connectivity index is 1.51. The van der Waals surface area contributed by atoms with E-state index in [2.05, 4.69) is 30.6 Å². The van der Waals surface area contributed by atoms with Crippen molar-refractivity contribution in [1.29, 1.82) is 0 Å². The zero-order valence-electron chi connectivity index (χ0n) is 21.3. The van der Waals surface area contributed by atoms with Crippen LogP contribution in [-0.2, 0) is 19.6 Å². The molecule has 2 N–H and O–H groups in total. The van der Waals surface area contributed by atoms with E-state index in [4.69, 9.17) is 0 Å². The van der Waals surface area contributed by atoms with Crippen molar-refractivity contribution in [1.82, 2.24) is 24.5 Å². The lowest BCUT2D eigenvalue weighted by molar-refractivity contribution is -0.137. The molecule has 40 heavy (non-hydrogen) atoms. The molecule has 0 aliphatic rings. The van der Waals surface area contributed by atoms with Gasteiger partial charge >= 0.3 is 6.18 Å². The quantitative estimate of drug-likeness (QED) is 0.295. The van der Waals surface area contributed by atoms with Gasteiger partial charge in [0.05, 0.1) is 23.6 Å². The molecule has 0 radical (unpaired) electrons. The first-order valence-corrected chi connectivity index (χ1v) is 12.2. The lowest BCUT2D eigenvalue weighted by atomic mass is 9.99. The molecule has 0 bridgehead atoms. The fraction of sp³-hybridized carbons (Fsp3) is 0.143. The molecule has 12 heteroatoms. The van der Waals surface area contributed by atoms with Crippen LogP contribution in [0.3, 0.4) is 0 Å². The number of aromatic nitrogens is 5. The number of alkyl halides is 3. The van der Waals surface area contributed by atoms with Gasteiger partial charge < -0.3 is 10.6 Å². The summed E-state index contributed by atoms with van der Waals surface area (Å²) in [6, 6.07) is 12.7. The van der Waals surface area contributed by atoms with Gasteiger partial charge in [0.15, 0.2) is 5.65 Å². The normalized spacial score (nSPS) is 11.4. The monoisotopic (exact) mass is 545 g/mol. The molecule has 0 fully saturated rings. The molecule has 5 rings (SSSR count). The molecule has 5 aromatic rings. The van der Waals surface area contributed by atoms with Crippen molar-refractivity contribution < 1.29 is 18.0 Å². The first-order valence-electron chi connectivity index (χ1n) is 12.2. The van der Waals surface area contributed by atoms with Gasteiger partial charge in [-0.2, -0.15) is 18.2 Å². The predicted molar refractivity (Wildman–Crippen MR) is 144 cm³/mol. The average Bonchev–Trinajstić information content (AvgIpc) is 2.95. The molecule has 3 heterocycles. The van der Waals surface area contributed by atoms with E-state index in [1.807, 2.05) is 6.92 Å². The summed E-state index contributed by atoms with van der Waals surface area (Å²) in [6.45, 7) is 1.84. The minimum absolute atomic E-state index is 0.124. The summed E-state index contributed by atoms with van der Waals surface area (Å²) in [6.07, 6.45) is 0.569. The Hall–Kier alpha value is -5.13. The van der Waals surface area contributed by atoms with Crippen LogP contribution in [0.1, 0.15) is 28.4 Å². The molecule has 202 valence electrons. The van der Waals surface area contributed by atoms with Crippen molar-refractivity contribution in [2.45, 2.75) is 19.5 Å². The topological polar surface area (TPSA) is 115 Å². The largest absolute Gasteiger partial charge is 0.416 e. The van der Waals surface area contributed by atoms with E-state index >= 15 is 0 Å². The average molecular weight is 546 g/mol. The maximum atomic E-state index is 13.4. The number of carbonyl (C=O) groups excluding carboxylic acids is 1. The highest BCUT2D eigenvalue weighted by atomic mass is 19.4. The third-order valence-electron chi connectivity index (χ3n) is 6.21. The van der Waals surface area contributed by atoms with Crippen LogP contribution in [0.25, 0.3) is 22.4 Å². The highest BCUT2D eigenvalue weighted by Crippen LogP contribution is 2.31. The first kappa shape index (κ1) is 26.5. The Morgan fingerprint density at radius 2 is 1.82 bits per heavy atom. The van der Waals surface area contributed by atoms with Gasteiger partial charge in [-0.3, -0.25) is 19.1 Å². The Bertz CT molecular complexity index is 1790. The van der Waals surface area contributed by atoms with Gasteiger partial charge in [0.25, 0.3) is 11.5 Å².